The molecule has 1 atom stereocenters. The van der Waals surface area contributed by atoms with Gasteiger partial charge in [0.25, 0.3) is 0 Å². The summed E-state index contributed by atoms with van der Waals surface area (Å²) in [4.78, 5) is 12.3. The molecular formula is C19H25F3N2O3. The molecule has 2 fully saturated rings. The Bertz CT molecular complexity index is 654. The molecule has 2 saturated carbocycles. The summed E-state index contributed by atoms with van der Waals surface area (Å²) >= 11 is 0. The summed E-state index contributed by atoms with van der Waals surface area (Å²) < 4.78 is 46.9. The third-order valence-corrected chi connectivity index (χ3v) is 5.41. The second-order valence-electron chi connectivity index (χ2n) is 7.56. The predicted octanol–water partition coefficient (Wildman–Crippen LogP) is 3.95. The zero-order valence-corrected chi connectivity index (χ0v) is 15.3. The minimum Gasteiger partial charge on any atom is -0.484 e. The first-order valence-electron chi connectivity index (χ1n) is 9.14. The number of halogens is 3. The van der Waals surface area contributed by atoms with Gasteiger partial charge in [-0.05, 0) is 48.8 Å². The molecule has 2 amide bonds. The highest BCUT2D eigenvalue weighted by Crippen LogP contribution is 2.55. The van der Waals surface area contributed by atoms with E-state index < -0.39 is 18.8 Å². The zero-order chi connectivity index (χ0) is 19.5. The maximum Gasteiger partial charge on any atom is 0.422 e. The van der Waals surface area contributed by atoms with Gasteiger partial charge in [0.05, 0.1) is 12.6 Å². The van der Waals surface area contributed by atoms with Crippen molar-refractivity contribution in [2.24, 2.45) is 5.41 Å². The molecule has 1 unspecified atom stereocenters. The Hall–Kier alpha value is -1.96. The minimum atomic E-state index is -4.40. The van der Waals surface area contributed by atoms with Crippen LogP contribution in [-0.4, -0.2) is 38.6 Å². The maximum absolute atomic E-state index is 12.3. The Morgan fingerprint density at radius 2 is 2.07 bits per heavy atom. The number of alkyl halides is 3. The van der Waals surface area contributed by atoms with Crippen LogP contribution in [0.15, 0.2) is 24.3 Å². The van der Waals surface area contributed by atoms with E-state index in [1.807, 2.05) is 0 Å². The molecule has 150 valence electrons. The molecular weight excluding hydrogens is 361 g/mol. The van der Waals surface area contributed by atoms with Crippen molar-refractivity contribution in [1.29, 1.82) is 0 Å². The van der Waals surface area contributed by atoms with Gasteiger partial charge in [-0.25, -0.2) is 4.79 Å². The average molecular weight is 386 g/mol. The molecule has 0 aromatic heterocycles. The smallest absolute Gasteiger partial charge is 0.422 e. The number of rotatable bonds is 7. The van der Waals surface area contributed by atoms with Crippen LogP contribution in [0, 0.1) is 5.41 Å². The number of benzene rings is 1. The number of ether oxygens (including phenoxy) is 2. The van der Waals surface area contributed by atoms with Crippen molar-refractivity contribution >= 4 is 6.03 Å². The molecule has 5 nitrogen and oxygen atoms in total. The molecule has 0 saturated heterocycles. The molecule has 1 aromatic carbocycles. The van der Waals surface area contributed by atoms with Gasteiger partial charge in [-0.15, -0.1) is 0 Å². The van der Waals surface area contributed by atoms with Crippen molar-refractivity contribution in [3.8, 4) is 5.75 Å². The van der Waals surface area contributed by atoms with E-state index in [9.17, 15) is 18.0 Å². The van der Waals surface area contributed by atoms with Gasteiger partial charge >= 0.3 is 12.2 Å². The molecule has 0 bridgehead atoms. The molecule has 27 heavy (non-hydrogen) atoms. The SMILES string of the molecule is COCC(NC(=O)NC1CC2(CCC2)C1)c1cccc(OCC(F)(F)F)c1. The topological polar surface area (TPSA) is 59.6 Å². The van der Waals surface area contributed by atoms with Crippen LogP contribution in [0.2, 0.25) is 0 Å². The summed E-state index contributed by atoms with van der Waals surface area (Å²) in [5.74, 6) is 0.0963. The summed E-state index contributed by atoms with van der Waals surface area (Å²) in [6.07, 6.45) is 1.43. The lowest BCUT2D eigenvalue weighted by Gasteiger charge is -2.54. The van der Waals surface area contributed by atoms with E-state index in [4.69, 9.17) is 9.47 Å². The fourth-order valence-electron chi connectivity index (χ4n) is 3.93. The minimum absolute atomic E-state index is 0.0963. The van der Waals surface area contributed by atoms with Crippen LogP contribution < -0.4 is 15.4 Å². The molecule has 0 aliphatic heterocycles. The van der Waals surface area contributed by atoms with E-state index in [0.29, 0.717) is 11.0 Å². The average Bonchev–Trinajstić information content (AvgIpc) is 2.53. The first kappa shape index (κ1) is 19.8. The molecule has 2 aliphatic rings. The molecule has 2 N–H and O–H groups in total. The van der Waals surface area contributed by atoms with Gasteiger partial charge in [-0.2, -0.15) is 13.2 Å². The summed E-state index contributed by atoms with van der Waals surface area (Å²) in [6, 6.07) is 5.66. The summed E-state index contributed by atoms with van der Waals surface area (Å²) in [7, 11) is 1.50. The van der Waals surface area contributed by atoms with Crippen LogP contribution in [0.4, 0.5) is 18.0 Å². The van der Waals surface area contributed by atoms with Gasteiger partial charge in [0.2, 0.25) is 0 Å². The van der Waals surface area contributed by atoms with Crippen LogP contribution in [-0.2, 0) is 4.74 Å². The molecule has 2 aliphatic carbocycles. The van der Waals surface area contributed by atoms with Crippen LogP contribution in [0.1, 0.15) is 43.7 Å². The quantitative estimate of drug-likeness (QED) is 0.746. The first-order chi connectivity index (χ1) is 12.8. The van der Waals surface area contributed by atoms with E-state index in [-0.39, 0.29) is 24.4 Å². The Labute approximate surface area is 156 Å². The van der Waals surface area contributed by atoms with Crippen molar-refractivity contribution in [1.82, 2.24) is 10.6 Å². The number of urea groups is 1. The number of amides is 2. The van der Waals surface area contributed by atoms with Gasteiger partial charge in [0, 0.05) is 13.2 Å². The number of nitrogens with one attached hydrogen (secondary N) is 2. The Morgan fingerprint density at radius 3 is 2.67 bits per heavy atom. The molecule has 0 heterocycles. The number of methoxy groups -OCH3 is 1. The lowest BCUT2D eigenvalue weighted by Crippen LogP contribution is -2.55. The summed E-state index contributed by atoms with van der Waals surface area (Å²) in [5, 5.41) is 5.82. The highest BCUT2D eigenvalue weighted by Gasteiger charge is 2.48. The van der Waals surface area contributed by atoms with Crippen LogP contribution in [0.25, 0.3) is 0 Å². The second-order valence-corrected chi connectivity index (χ2v) is 7.56. The fourth-order valence-corrected chi connectivity index (χ4v) is 3.93. The van der Waals surface area contributed by atoms with Crippen LogP contribution in [0.5, 0.6) is 5.75 Å². The monoisotopic (exact) mass is 386 g/mol. The molecule has 1 spiro atoms. The lowest BCUT2D eigenvalue weighted by molar-refractivity contribution is -0.153. The van der Waals surface area contributed by atoms with E-state index >= 15 is 0 Å². The van der Waals surface area contributed by atoms with Gasteiger partial charge in [-0.3, -0.25) is 0 Å². The van der Waals surface area contributed by atoms with Crippen LogP contribution >= 0.6 is 0 Å². The number of carbonyl (C=O) groups is 1. The fraction of sp³-hybridized carbons (Fsp3) is 0.632. The number of hydrogen-bond acceptors (Lipinski definition) is 3. The van der Waals surface area contributed by atoms with Gasteiger partial charge in [0.15, 0.2) is 6.61 Å². The highest BCUT2D eigenvalue weighted by molar-refractivity contribution is 5.75. The lowest BCUT2D eigenvalue weighted by atomic mass is 9.54. The molecule has 8 heteroatoms. The van der Waals surface area contributed by atoms with Crippen molar-refractivity contribution < 1.29 is 27.4 Å². The van der Waals surface area contributed by atoms with Gasteiger partial charge < -0.3 is 20.1 Å². The first-order valence-corrected chi connectivity index (χ1v) is 9.14. The van der Waals surface area contributed by atoms with Gasteiger partial charge in [-0.1, -0.05) is 18.6 Å². The summed E-state index contributed by atoms with van der Waals surface area (Å²) in [6.45, 7) is -1.16. The Morgan fingerprint density at radius 1 is 1.33 bits per heavy atom. The maximum atomic E-state index is 12.3. The predicted molar refractivity (Wildman–Crippen MR) is 93.6 cm³/mol. The molecule has 1 aromatic rings. The number of hydrogen-bond donors (Lipinski definition) is 2. The summed E-state index contributed by atoms with van der Waals surface area (Å²) in [5.41, 5.74) is 1.09. The van der Waals surface area contributed by atoms with E-state index in [0.717, 1.165) is 12.8 Å². The molecule has 0 radical (unpaired) electrons. The zero-order valence-electron chi connectivity index (χ0n) is 15.3. The largest absolute Gasteiger partial charge is 0.484 e. The highest BCUT2D eigenvalue weighted by atomic mass is 19.4. The third-order valence-electron chi connectivity index (χ3n) is 5.41. The Balaban J connectivity index is 1.55. The van der Waals surface area contributed by atoms with Crippen molar-refractivity contribution in [3.05, 3.63) is 29.8 Å². The van der Waals surface area contributed by atoms with E-state index in [2.05, 4.69) is 10.6 Å². The van der Waals surface area contributed by atoms with E-state index in [1.165, 1.54) is 38.5 Å². The van der Waals surface area contributed by atoms with Crippen molar-refractivity contribution in [2.45, 2.75) is 50.4 Å². The Kier molecular flexibility index (Phi) is 5.83. The number of carbonyl (C=O) groups excluding carboxylic acids is 1. The second kappa shape index (κ2) is 7.96. The normalized spacial score (nSPS) is 19.7. The van der Waals surface area contributed by atoms with Crippen LogP contribution in [0.3, 0.4) is 0 Å². The van der Waals surface area contributed by atoms with E-state index in [1.54, 1.807) is 12.1 Å². The standard InChI is InChI=1S/C19H25F3N2O3/c1-26-11-16(13-4-2-5-15(8-13)27-12-19(20,21)22)24-17(25)23-14-9-18(10-14)6-3-7-18/h2,4-5,8,14,16H,3,6-7,9-12H2,1H3,(H2,23,24,25). The van der Waals surface area contributed by atoms with Gasteiger partial charge in [0.1, 0.15) is 5.75 Å². The third kappa shape index (κ3) is 5.28. The van der Waals surface area contributed by atoms with Crippen molar-refractivity contribution in [3.63, 3.8) is 0 Å². The molecule has 3 rings (SSSR count). The van der Waals surface area contributed by atoms with Crippen molar-refractivity contribution in [2.75, 3.05) is 20.3 Å².